The number of aromatic nitrogens is 1. The smallest absolute Gasteiger partial charge is 0.380 e. The minimum Gasteiger partial charge on any atom is -0.380 e. The molecule has 6 nitrogen and oxygen atoms in total. The second-order valence-corrected chi connectivity index (χ2v) is 7.80. The molecular formula is C21H22F3N5O. The predicted molar refractivity (Wildman–Crippen MR) is 106 cm³/mol. The van der Waals surface area contributed by atoms with Crippen LogP contribution in [-0.4, -0.2) is 59.0 Å². The molecule has 1 aromatic carbocycles. The van der Waals surface area contributed by atoms with E-state index in [-0.39, 0.29) is 30.1 Å². The van der Waals surface area contributed by atoms with E-state index in [1.807, 2.05) is 4.90 Å². The van der Waals surface area contributed by atoms with Gasteiger partial charge in [-0.3, -0.25) is 14.7 Å². The van der Waals surface area contributed by atoms with Crippen molar-refractivity contribution in [2.75, 3.05) is 31.5 Å². The Hall–Kier alpha value is -2.86. The minimum atomic E-state index is -4.47. The molecule has 30 heavy (non-hydrogen) atoms. The van der Waals surface area contributed by atoms with Gasteiger partial charge in [-0.2, -0.15) is 18.4 Å². The molecule has 1 N–H and O–H groups in total. The van der Waals surface area contributed by atoms with Crippen molar-refractivity contribution in [3.05, 3.63) is 36.0 Å². The summed E-state index contributed by atoms with van der Waals surface area (Å²) in [6, 6.07) is 7.60. The first kappa shape index (κ1) is 20.4. The Morgan fingerprint density at radius 2 is 2.10 bits per heavy atom. The highest BCUT2D eigenvalue weighted by Crippen LogP contribution is 2.36. The minimum absolute atomic E-state index is 0.0169. The van der Waals surface area contributed by atoms with E-state index in [2.05, 4.69) is 16.4 Å². The van der Waals surface area contributed by atoms with Crippen LogP contribution in [0.25, 0.3) is 10.9 Å². The van der Waals surface area contributed by atoms with E-state index in [1.165, 1.54) is 12.3 Å². The lowest BCUT2D eigenvalue weighted by atomic mass is 10.1. The number of benzene rings is 1. The van der Waals surface area contributed by atoms with Gasteiger partial charge in [0.2, 0.25) is 5.91 Å². The van der Waals surface area contributed by atoms with E-state index in [1.54, 1.807) is 17.0 Å². The fraction of sp³-hybridized carbons (Fsp3) is 0.476. The van der Waals surface area contributed by atoms with Crippen molar-refractivity contribution in [1.82, 2.24) is 14.8 Å². The number of halogens is 3. The van der Waals surface area contributed by atoms with Crippen molar-refractivity contribution >= 4 is 22.5 Å². The van der Waals surface area contributed by atoms with Crippen LogP contribution in [0.15, 0.2) is 30.5 Å². The summed E-state index contributed by atoms with van der Waals surface area (Å²) in [5, 5.41) is 12.9. The fourth-order valence-corrected chi connectivity index (χ4v) is 4.33. The molecule has 2 aliphatic rings. The number of nitrogens with zero attached hydrogens (tertiary/aromatic N) is 4. The van der Waals surface area contributed by atoms with Crippen molar-refractivity contribution in [3.8, 4) is 6.07 Å². The number of carbonyl (C=O) groups excluding carboxylic acids is 1. The van der Waals surface area contributed by atoms with Gasteiger partial charge in [-0.05, 0) is 31.4 Å². The third-order valence-electron chi connectivity index (χ3n) is 5.79. The molecule has 0 radical (unpaired) electrons. The number of nitrogens with one attached hydrogen (secondary N) is 1. The summed E-state index contributed by atoms with van der Waals surface area (Å²) in [7, 11) is 0. The van der Waals surface area contributed by atoms with Gasteiger partial charge in [0.15, 0.2) is 0 Å². The molecule has 1 unspecified atom stereocenters. The number of hydrogen-bond acceptors (Lipinski definition) is 5. The van der Waals surface area contributed by atoms with Gasteiger partial charge in [-0.1, -0.05) is 12.1 Å². The Balaban J connectivity index is 1.43. The van der Waals surface area contributed by atoms with Crippen molar-refractivity contribution in [3.63, 3.8) is 0 Å². The summed E-state index contributed by atoms with van der Waals surface area (Å²) in [5.74, 6) is -0.0381. The standard InChI is InChI=1S/C21H22F3N5O/c22-21(23,24)17-5-1-4-16-18(6-8-26-20(16)17)27-14-7-10-28(12-14)13-19(30)29-9-2-3-15(29)11-25/h1,4-6,8,14-15H,2-3,7,9-10,12-13H2,(H,26,27)/t14-,15?/m0/s1. The summed E-state index contributed by atoms with van der Waals surface area (Å²) >= 11 is 0. The Bertz CT molecular complexity index is 987. The number of alkyl halides is 3. The van der Waals surface area contributed by atoms with Crippen molar-refractivity contribution < 1.29 is 18.0 Å². The van der Waals surface area contributed by atoms with E-state index >= 15 is 0 Å². The zero-order valence-corrected chi connectivity index (χ0v) is 16.3. The molecule has 0 aliphatic carbocycles. The van der Waals surface area contributed by atoms with Gasteiger partial charge in [0, 0.05) is 42.9 Å². The van der Waals surface area contributed by atoms with Crippen LogP contribution >= 0.6 is 0 Å². The number of likely N-dealkylation sites (tertiary alicyclic amines) is 2. The molecule has 2 saturated heterocycles. The lowest BCUT2D eigenvalue weighted by Crippen LogP contribution is -2.42. The molecule has 1 amide bonds. The first-order chi connectivity index (χ1) is 14.4. The summed E-state index contributed by atoms with van der Waals surface area (Å²) in [5.41, 5.74) is -0.218. The molecular weight excluding hydrogens is 395 g/mol. The van der Waals surface area contributed by atoms with Crippen molar-refractivity contribution in [2.45, 2.75) is 37.5 Å². The number of anilines is 1. The van der Waals surface area contributed by atoms with Crippen LogP contribution in [0.3, 0.4) is 0 Å². The van der Waals surface area contributed by atoms with Crippen molar-refractivity contribution in [1.29, 1.82) is 5.26 Å². The highest BCUT2D eigenvalue weighted by Gasteiger charge is 2.34. The first-order valence-corrected chi connectivity index (χ1v) is 9.99. The Kier molecular flexibility index (Phi) is 5.52. The normalized spacial score (nSPS) is 22.4. The number of carbonyl (C=O) groups is 1. The van der Waals surface area contributed by atoms with Crippen LogP contribution in [0.1, 0.15) is 24.8 Å². The van der Waals surface area contributed by atoms with Gasteiger partial charge in [0.25, 0.3) is 0 Å². The molecule has 2 aliphatic heterocycles. The van der Waals surface area contributed by atoms with Crippen LogP contribution in [0, 0.1) is 11.3 Å². The largest absolute Gasteiger partial charge is 0.418 e. The zero-order valence-electron chi connectivity index (χ0n) is 16.3. The summed E-state index contributed by atoms with van der Waals surface area (Å²) in [4.78, 5) is 20.2. The molecule has 9 heteroatoms. The van der Waals surface area contributed by atoms with E-state index in [0.717, 1.165) is 25.3 Å². The van der Waals surface area contributed by atoms with E-state index in [0.29, 0.717) is 30.7 Å². The highest BCUT2D eigenvalue weighted by molar-refractivity contribution is 5.93. The number of pyridine rings is 1. The molecule has 0 spiro atoms. The first-order valence-electron chi connectivity index (χ1n) is 9.99. The Morgan fingerprint density at radius 3 is 2.87 bits per heavy atom. The molecule has 4 rings (SSSR count). The highest BCUT2D eigenvalue weighted by atomic mass is 19.4. The van der Waals surface area contributed by atoms with Gasteiger partial charge < -0.3 is 10.2 Å². The molecule has 3 heterocycles. The maximum absolute atomic E-state index is 13.3. The van der Waals surface area contributed by atoms with Gasteiger partial charge in [-0.25, -0.2) is 0 Å². The van der Waals surface area contributed by atoms with Crippen LogP contribution < -0.4 is 5.32 Å². The maximum Gasteiger partial charge on any atom is 0.418 e. The quantitative estimate of drug-likeness (QED) is 0.827. The SMILES string of the molecule is N#CC1CCCN1C(=O)CN1CC[C@H](Nc2ccnc3c(C(F)(F)F)cccc23)C1. The summed E-state index contributed by atoms with van der Waals surface area (Å²) in [6.45, 7) is 2.20. The second kappa shape index (κ2) is 8.11. The van der Waals surface area contributed by atoms with E-state index in [9.17, 15) is 18.0 Å². The van der Waals surface area contributed by atoms with Gasteiger partial charge >= 0.3 is 6.18 Å². The molecule has 2 atom stereocenters. The second-order valence-electron chi connectivity index (χ2n) is 7.80. The molecule has 2 aromatic rings. The monoisotopic (exact) mass is 417 g/mol. The lowest BCUT2D eigenvalue weighted by molar-refractivity contribution is -0.136. The van der Waals surface area contributed by atoms with Crippen LogP contribution in [-0.2, 0) is 11.0 Å². The summed E-state index contributed by atoms with van der Waals surface area (Å²) in [6.07, 6.45) is -0.736. The number of rotatable bonds is 4. The number of hydrogen-bond donors (Lipinski definition) is 1. The predicted octanol–water partition coefficient (Wildman–Crippen LogP) is 3.25. The van der Waals surface area contributed by atoms with Crippen molar-refractivity contribution in [2.24, 2.45) is 0 Å². The number of fused-ring (bicyclic) bond motifs is 1. The van der Waals surface area contributed by atoms with E-state index in [4.69, 9.17) is 5.26 Å². The topological polar surface area (TPSA) is 72.3 Å². The average Bonchev–Trinajstić information content (AvgIpc) is 3.36. The third kappa shape index (κ3) is 4.05. The van der Waals surface area contributed by atoms with Gasteiger partial charge in [0.05, 0.1) is 23.7 Å². The van der Waals surface area contributed by atoms with E-state index < -0.39 is 11.7 Å². The van der Waals surface area contributed by atoms with Gasteiger partial charge in [-0.15, -0.1) is 0 Å². The molecule has 0 saturated carbocycles. The molecule has 2 fully saturated rings. The van der Waals surface area contributed by atoms with Crippen LogP contribution in [0.5, 0.6) is 0 Å². The number of nitriles is 1. The summed E-state index contributed by atoms with van der Waals surface area (Å²) < 4.78 is 39.9. The number of para-hydroxylation sites is 1. The fourth-order valence-electron chi connectivity index (χ4n) is 4.33. The maximum atomic E-state index is 13.3. The van der Waals surface area contributed by atoms with Crippen LogP contribution in [0.4, 0.5) is 18.9 Å². The zero-order chi connectivity index (χ0) is 21.3. The van der Waals surface area contributed by atoms with Gasteiger partial charge in [0.1, 0.15) is 6.04 Å². The molecule has 0 bridgehead atoms. The molecule has 158 valence electrons. The average molecular weight is 417 g/mol. The Morgan fingerprint density at radius 1 is 1.27 bits per heavy atom. The third-order valence-corrected chi connectivity index (χ3v) is 5.79. The Labute approximate surface area is 172 Å². The van der Waals surface area contributed by atoms with Crippen LogP contribution in [0.2, 0.25) is 0 Å². The molecule has 1 aromatic heterocycles. The number of amides is 1. The lowest BCUT2D eigenvalue weighted by Gasteiger charge is -2.23.